The molecule has 0 unspecified atom stereocenters. The maximum absolute atomic E-state index is 12.9. The van der Waals surface area contributed by atoms with Gasteiger partial charge in [-0.15, -0.1) is 0 Å². The number of rotatable bonds is 5. The molecule has 5 nitrogen and oxygen atoms in total. The summed E-state index contributed by atoms with van der Waals surface area (Å²) in [4.78, 5) is 19.8. The number of amides is 1. The smallest absolute Gasteiger partial charge is 0.274 e. The Bertz CT molecular complexity index is 693. The second-order valence-electron chi connectivity index (χ2n) is 5.62. The minimum Gasteiger partial charge on any atom is -0.375 e. The summed E-state index contributed by atoms with van der Waals surface area (Å²) in [6.07, 6.45) is 2.09. The van der Waals surface area contributed by atoms with Gasteiger partial charge >= 0.3 is 0 Å². The SMILES string of the molecule is Cc1cccc(-c2sc(N)nc2C(=O)N(CCN)C2CC2)c1. The molecule has 0 radical (unpaired) electrons. The van der Waals surface area contributed by atoms with Gasteiger partial charge in [0.05, 0.1) is 4.88 Å². The standard InChI is InChI=1S/C16H20N4OS/c1-10-3-2-4-11(9-10)14-13(19-16(18)22-14)15(21)20(8-7-17)12-5-6-12/h2-4,9,12H,5-8,17H2,1H3,(H2,18,19). The first kappa shape index (κ1) is 15.0. The van der Waals surface area contributed by atoms with Crippen LogP contribution in [0.2, 0.25) is 0 Å². The van der Waals surface area contributed by atoms with Crippen molar-refractivity contribution in [2.24, 2.45) is 5.73 Å². The van der Waals surface area contributed by atoms with E-state index < -0.39 is 0 Å². The molecule has 1 heterocycles. The minimum atomic E-state index is -0.0580. The topological polar surface area (TPSA) is 85.2 Å². The summed E-state index contributed by atoms with van der Waals surface area (Å²) in [5, 5.41) is 0.420. The highest BCUT2D eigenvalue weighted by Gasteiger charge is 2.34. The van der Waals surface area contributed by atoms with E-state index in [4.69, 9.17) is 11.5 Å². The number of carbonyl (C=O) groups excluding carboxylic acids is 1. The zero-order valence-electron chi connectivity index (χ0n) is 12.6. The van der Waals surface area contributed by atoms with Crippen LogP contribution in [0.25, 0.3) is 10.4 Å². The van der Waals surface area contributed by atoms with E-state index in [0.717, 1.165) is 28.8 Å². The van der Waals surface area contributed by atoms with Crippen LogP contribution in [-0.2, 0) is 0 Å². The lowest BCUT2D eigenvalue weighted by molar-refractivity contribution is 0.0744. The molecule has 4 N–H and O–H groups in total. The van der Waals surface area contributed by atoms with Crippen molar-refractivity contribution < 1.29 is 4.79 Å². The number of nitrogens with zero attached hydrogens (tertiary/aromatic N) is 2. The van der Waals surface area contributed by atoms with E-state index >= 15 is 0 Å². The van der Waals surface area contributed by atoms with Gasteiger partial charge in [0.2, 0.25) is 0 Å². The van der Waals surface area contributed by atoms with Crippen molar-refractivity contribution in [2.75, 3.05) is 18.8 Å². The Balaban J connectivity index is 1.98. The second-order valence-corrected chi connectivity index (χ2v) is 6.65. The lowest BCUT2D eigenvalue weighted by Crippen LogP contribution is -2.37. The van der Waals surface area contributed by atoms with Crippen LogP contribution in [0.3, 0.4) is 0 Å². The molecule has 0 spiro atoms. The highest BCUT2D eigenvalue weighted by atomic mass is 32.1. The fraction of sp³-hybridized carbons (Fsp3) is 0.375. The van der Waals surface area contributed by atoms with Gasteiger partial charge < -0.3 is 16.4 Å². The van der Waals surface area contributed by atoms with Gasteiger partial charge in [-0.1, -0.05) is 41.2 Å². The van der Waals surface area contributed by atoms with Gasteiger partial charge in [-0.3, -0.25) is 4.79 Å². The van der Waals surface area contributed by atoms with Crippen molar-refractivity contribution in [1.82, 2.24) is 9.88 Å². The van der Waals surface area contributed by atoms with Crippen molar-refractivity contribution >= 4 is 22.4 Å². The largest absolute Gasteiger partial charge is 0.375 e. The Labute approximate surface area is 133 Å². The first-order chi connectivity index (χ1) is 10.6. The Hall–Kier alpha value is -1.92. The number of nitrogens with two attached hydrogens (primary N) is 2. The molecule has 1 aromatic heterocycles. The molecule has 0 aliphatic heterocycles. The van der Waals surface area contributed by atoms with Crippen LogP contribution in [0.15, 0.2) is 24.3 Å². The zero-order valence-corrected chi connectivity index (χ0v) is 13.4. The fourth-order valence-corrected chi connectivity index (χ4v) is 3.40. The number of aryl methyl sites for hydroxylation is 1. The molecule has 0 saturated heterocycles. The average molecular weight is 316 g/mol. The van der Waals surface area contributed by atoms with E-state index in [1.54, 1.807) is 0 Å². The molecule has 2 aromatic rings. The number of thiazole rings is 1. The molecule has 1 aromatic carbocycles. The van der Waals surface area contributed by atoms with E-state index in [1.807, 2.05) is 36.1 Å². The van der Waals surface area contributed by atoms with E-state index in [0.29, 0.717) is 30.0 Å². The normalized spacial score (nSPS) is 14.1. The Morgan fingerprint density at radius 2 is 2.23 bits per heavy atom. The van der Waals surface area contributed by atoms with Crippen LogP contribution in [0.5, 0.6) is 0 Å². The summed E-state index contributed by atoms with van der Waals surface area (Å²) in [6.45, 7) is 3.05. The molecule has 22 heavy (non-hydrogen) atoms. The second kappa shape index (κ2) is 6.06. The monoisotopic (exact) mass is 316 g/mol. The van der Waals surface area contributed by atoms with Crippen molar-refractivity contribution in [3.05, 3.63) is 35.5 Å². The maximum atomic E-state index is 12.9. The molecule has 3 rings (SSSR count). The number of carbonyl (C=O) groups is 1. The van der Waals surface area contributed by atoms with E-state index in [2.05, 4.69) is 4.98 Å². The quantitative estimate of drug-likeness (QED) is 0.886. The molecule has 1 amide bonds. The van der Waals surface area contributed by atoms with Gasteiger partial charge in [-0.2, -0.15) is 0 Å². The number of nitrogen functional groups attached to an aromatic ring is 1. The van der Waals surface area contributed by atoms with E-state index in [-0.39, 0.29) is 5.91 Å². The van der Waals surface area contributed by atoms with Crippen molar-refractivity contribution in [2.45, 2.75) is 25.8 Å². The van der Waals surface area contributed by atoms with Crippen LogP contribution in [0.1, 0.15) is 28.9 Å². The molecule has 0 atom stereocenters. The molecule has 1 aliphatic rings. The molecule has 0 bridgehead atoms. The predicted molar refractivity (Wildman–Crippen MR) is 89.8 cm³/mol. The predicted octanol–water partition coefficient (Wildman–Crippen LogP) is 2.26. The number of anilines is 1. The summed E-state index contributed by atoms with van der Waals surface area (Å²) >= 11 is 1.36. The summed E-state index contributed by atoms with van der Waals surface area (Å²) < 4.78 is 0. The van der Waals surface area contributed by atoms with Crippen molar-refractivity contribution in [1.29, 1.82) is 0 Å². The Kier molecular flexibility index (Phi) is 4.13. The van der Waals surface area contributed by atoms with Gasteiger partial charge in [0, 0.05) is 19.1 Å². The molecular formula is C16H20N4OS. The van der Waals surface area contributed by atoms with Crippen molar-refractivity contribution in [3.8, 4) is 10.4 Å². The number of hydrogen-bond acceptors (Lipinski definition) is 5. The van der Waals surface area contributed by atoms with E-state index in [1.165, 1.54) is 11.3 Å². The van der Waals surface area contributed by atoms with Crippen LogP contribution >= 0.6 is 11.3 Å². The highest BCUT2D eigenvalue weighted by Crippen LogP contribution is 2.35. The van der Waals surface area contributed by atoms with E-state index in [9.17, 15) is 4.79 Å². The van der Waals surface area contributed by atoms with Crippen molar-refractivity contribution in [3.63, 3.8) is 0 Å². The van der Waals surface area contributed by atoms with Gasteiger partial charge in [0.25, 0.3) is 5.91 Å². The van der Waals surface area contributed by atoms with Gasteiger partial charge in [-0.05, 0) is 25.3 Å². The van der Waals surface area contributed by atoms with Gasteiger partial charge in [0.1, 0.15) is 5.69 Å². The van der Waals surface area contributed by atoms with Crippen LogP contribution in [0.4, 0.5) is 5.13 Å². The number of aromatic nitrogens is 1. The molecule has 1 saturated carbocycles. The third-order valence-electron chi connectivity index (χ3n) is 3.75. The highest BCUT2D eigenvalue weighted by molar-refractivity contribution is 7.19. The first-order valence-electron chi connectivity index (χ1n) is 7.44. The van der Waals surface area contributed by atoms with Gasteiger partial charge in [-0.25, -0.2) is 4.98 Å². The summed E-state index contributed by atoms with van der Waals surface area (Å²) in [5.41, 5.74) is 14.1. The van der Waals surface area contributed by atoms with Gasteiger partial charge in [0.15, 0.2) is 5.13 Å². The molecule has 116 valence electrons. The Morgan fingerprint density at radius 1 is 1.45 bits per heavy atom. The van der Waals surface area contributed by atoms with Crippen LogP contribution in [-0.4, -0.2) is 34.9 Å². The summed E-state index contributed by atoms with van der Waals surface area (Å²) in [6, 6.07) is 8.35. The van der Waals surface area contributed by atoms with Crippen LogP contribution in [0, 0.1) is 6.92 Å². The fourth-order valence-electron chi connectivity index (χ4n) is 2.57. The molecular weight excluding hydrogens is 296 g/mol. The zero-order chi connectivity index (χ0) is 15.7. The third-order valence-corrected chi connectivity index (χ3v) is 4.68. The molecule has 1 aliphatic carbocycles. The average Bonchev–Trinajstić information content (AvgIpc) is 3.26. The summed E-state index contributed by atoms with van der Waals surface area (Å²) in [7, 11) is 0. The lowest BCUT2D eigenvalue weighted by Gasteiger charge is -2.21. The number of benzene rings is 1. The first-order valence-corrected chi connectivity index (χ1v) is 8.26. The molecule has 6 heteroatoms. The number of hydrogen-bond donors (Lipinski definition) is 2. The minimum absolute atomic E-state index is 0.0580. The summed E-state index contributed by atoms with van der Waals surface area (Å²) in [5.74, 6) is -0.0580. The molecule has 1 fully saturated rings. The maximum Gasteiger partial charge on any atom is 0.274 e. The van der Waals surface area contributed by atoms with Crippen LogP contribution < -0.4 is 11.5 Å². The Morgan fingerprint density at radius 3 is 2.86 bits per heavy atom. The lowest BCUT2D eigenvalue weighted by atomic mass is 10.1. The third kappa shape index (κ3) is 2.98.